The highest BCUT2D eigenvalue weighted by molar-refractivity contribution is 6.29. The summed E-state index contributed by atoms with van der Waals surface area (Å²) in [6, 6.07) is 2.11. The van der Waals surface area contributed by atoms with Crippen LogP contribution in [0.25, 0.3) is 0 Å². The first kappa shape index (κ1) is 16.0. The summed E-state index contributed by atoms with van der Waals surface area (Å²) in [5.41, 5.74) is 0. The molecule has 116 valence electrons. The maximum atomic E-state index is 11.7. The van der Waals surface area contributed by atoms with Crippen molar-refractivity contribution in [2.24, 2.45) is 0 Å². The molecule has 0 aromatic carbocycles. The molecular formula is C14H22ClN5O. The number of likely N-dealkylation sites (N-methyl/N-ethyl adjacent to an activating group) is 1. The fraction of sp³-hybridized carbons (Fsp3) is 0.643. The maximum Gasteiger partial charge on any atom is 0.236 e. The lowest BCUT2D eigenvalue weighted by Gasteiger charge is -2.32. The van der Waals surface area contributed by atoms with E-state index < -0.39 is 0 Å². The Morgan fingerprint density at radius 2 is 2.10 bits per heavy atom. The van der Waals surface area contributed by atoms with Crippen LogP contribution < -0.4 is 5.32 Å². The van der Waals surface area contributed by atoms with E-state index in [9.17, 15) is 4.79 Å². The van der Waals surface area contributed by atoms with E-state index >= 15 is 0 Å². The van der Waals surface area contributed by atoms with Crippen molar-refractivity contribution < 1.29 is 4.79 Å². The first-order valence-electron chi connectivity index (χ1n) is 7.14. The minimum absolute atomic E-state index is 0.152. The van der Waals surface area contributed by atoms with Crippen molar-refractivity contribution in [3.63, 3.8) is 0 Å². The number of hydrogen-bond acceptors (Lipinski definition) is 5. The number of aromatic nitrogens is 2. The second kappa shape index (κ2) is 7.04. The highest BCUT2D eigenvalue weighted by atomic mass is 35.5. The Morgan fingerprint density at radius 3 is 2.67 bits per heavy atom. The van der Waals surface area contributed by atoms with Crippen molar-refractivity contribution in [3.8, 4) is 0 Å². The van der Waals surface area contributed by atoms with Crippen LogP contribution in [0.5, 0.6) is 0 Å². The number of aryl methyl sites for hydroxylation is 1. The lowest BCUT2D eigenvalue weighted by molar-refractivity contribution is -0.130. The summed E-state index contributed by atoms with van der Waals surface area (Å²) in [5, 5.41) is 3.86. The topological polar surface area (TPSA) is 61.4 Å². The van der Waals surface area contributed by atoms with E-state index in [2.05, 4.69) is 20.2 Å². The van der Waals surface area contributed by atoms with Crippen LogP contribution in [-0.4, -0.2) is 65.4 Å². The van der Waals surface area contributed by atoms with Crippen LogP contribution in [0.3, 0.4) is 0 Å². The van der Waals surface area contributed by atoms with Gasteiger partial charge in [-0.15, -0.1) is 0 Å². The Labute approximate surface area is 130 Å². The maximum absolute atomic E-state index is 11.7. The zero-order valence-corrected chi connectivity index (χ0v) is 13.5. The number of rotatable bonds is 4. The van der Waals surface area contributed by atoms with E-state index in [-0.39, 0.29) is 5.91 Å². The van der Waals surface area contributed by atoms with Gasteiger partial charge in [-0.25, -0.2) is 9.97 Å². The highest BCUT2D eigenvalue weighted by Crippen LogP contribution is 2.17. The average Bonchev–Trinajstić information content (AvgIpc) is 2.39. The van der Waals surface area contributed by atoms with Crippen molar-refractivity contribution in [3.05, 3.63) is 17.0 Å². The van der Waals surface area contributed by atoms with Crippen molar-refractivity contribution in [1.82, 2.24) is 19.8 Å². The number of likely N-dealkylation sites (tertiary alicyclic amines) is 1. The molecule has 1 aliphatic rings. The Bertz CT molecular complexity index is 480. The van der Waals surface area contributed by atoms with Gasteiger partial charge in [0, 0.05) is 39.3 Å². The molecule has 0 unspecified atom stereocenters. The number of anilines is 1. The summed E-state index contributed by atoms with van der Waals surface area (Å²) in [7, 11) is 3.58. The van der Waals surface area contributed by atoms with Crippen molar-refractivity contribution in [2.75, 3.05) is 39.0 Å². The zero-order valence-electron chi connectivity index (χ0n) is 12.8. The van der Waals surface area contributed by atoms with Gasteiger partial charge in [0.05, 0.1) is 6.54 Å². The molecule has 1 N–H and O–H groups in total. The second-order valence-corrected chi connectivity index (χ2v) is 5.99. The molecule has 1 saturated heterocycles. The van der Waals surface area contributed by atoms with Gasteiger partial charge in [0.25, 0.3) is 0 Å². The molecule has 6 nitrogen and oxygen atoms in total. The molecule has 0 aliphatic carbocycles. The third kappa shape index (κ3) is 4.82. The lowest BCUT2D eigenvalue weighted by atomic mass is 10.1. The number of nitrogens with zero attached hydrogens (tertiary/aromatic N) is 4. The van der Waals surface area contributed by atoms with Gasteiger partial charge in [0.1, 0.15) is 16.8 Å². The summed E-state index contributed by atoms with van der Waals surface area (Å²) >= 11 is 5.94. The molecule has 1 amide bonds. The third-order valence-corrected chi connectivity index (χ3v) is 3.80. The van der Waals surface area contributed by atoms with Gasteiger partial charge in [-0.05, 0) is 19.8 Å². The van der Waals surface area contributed by atoms with Gasteiger partial charge in [-0.2, -0.15) is 0 Å². The summed E-state index contributed by atoms with van der Waals surface area (Å²) in [6.07, 6.45) is 1.97. The highest BCUT2D eigenvalue weighted by Gasteiger charge is 2.21. The predicted molar refractivity (Wildman–Crippen MR) is 83.6 cm³/mol. The largest absolute Gasteiger partial charge is 0.367 e. The minimum atomic E-state index is 0.152. The van der Waals surface area contributed by atoms with Crippen LogP contribution in [0.15, 0.2) is 6.07 Å². The molecule has 21 heavy (non-hydrogen) atoms. The van der Waals surface area contributed by atoms with Crippen LogP contribution in [0, 0.1) is 6.92 Å². The van der Waals surface area contributed by atoms with Gasteiger partial charge in [-0.1, -0.05) is 11.6 Å². The number of amides is 1. The van der Waals surface area contributed by atoms with Gasteiger partial charge in [0.15, 0.2) is 0 Å². The molecular weight excluding hydrogens is 290 g/mol. The summed E-state index contributed by atoms with van der Waals surface area (Å²) in [4.78, 5) is 23.9. The first-order valence-corrected chi connectivity index (χ1v) is 7.52. The van der Waals surface area contributed by atoms with E-state index in [4.69, 9.17) is 11.6 Å². The standard InChI is InChI=1S/C14H22ClN5O/c1-10-16-12(15)8-13(17-10)18-11-4-6-20(7-5-11)9-14(21)19(2)3/h8,11H,4-7,9H2,1-3H3,(H,16,17,18). The quantitative estimate of drug-likeness (QED) is 0.852. The van der Waals surface area contributed by atoms with Gasteiger partial charge >= 0.3 is 0 Å². The van der Waals surface area contributed by atoms with Gasteiger partial charge in [0.2, 0.25) is 5.91 Å². The molecule has 0 atom stereocenters. The smallest absolute Gasteiger partial charge is 0.236 e. The number of carbonyl (C=O) groups excluding carboxylic acids is 1. The van der Waals surface area contributed by atoms with Crippen LogP contribution in [0.4, 0.5) is 5.82 Å². The van der Waals surface area contributed by atoms with Crippen LogP contribution in [0.1, 0.15) is 18.7 Å². The van der Waals surface area contributed by atoms with Crippen molar-refractivity contribution >= 4 is 23.3 Å². The molecule has 1 aliphatic heterocycles. The first-order chi connectivity index (χ1) is 9.94. The third-order valence-electron chi connectivity index (χ3n) is 3.60. The lowest BCUT2D eigenvalue weighted by Crippen LogP contribution is -2.44. The minimum Gasteiger partial charge on any atom is -0.367 e. The predicted octanol–water partition coefficient (Wildman–Crippen LogP) is 1.40. The average molecular weight is 312 g/mol. The Hall–Kier alpha value is -1.40. The van der Waals surface area contributed by atoms with Gasteiger partial charge < -0.3 is 10.2 Å². The Kier molecular flexibility index (Phi) is 5.36. The van der Waals surface area contributed by atoms with E-state index in [1.54, 1.807) is 25.1 Å². The number of piperidine rings is 1. The van der Waals surface area contributed by atoms with Crippen molar-refractivity contribution in [1.29, 1.82) is 0 Å². The number of halogens is 1. The monoisotopic (exact) mass is 311 g/mol. The summed E-state index contributed by atoms with van der Waals surface area (Å²) < 4.78 is 0. The van der Waals surface area contributed by atoms with Crippen LogP contribution in [-0.2, 0) is 4.79 Å². The molecule has 0 saturated carbocycles. The fourth-order valence-electron chi connectivity index (χ4n) is 2.38. The SMILES string of the molecule is Cc1nc(Cl)cc(NC2CCN(CC(=O)N(C)C)CC2)n1. The van der Waals surface area contributed by atoms with E-state index in [1.165, 1.54) is 0 Å². The Balaban J connectivity index is 1.82. The second-order valence-electron chi connectivity index (χ2n) is 5.61. The molecule has 0 radical (unpaired) electrons. The normalized spacial score (nSPS) is 16.8. The molecule has 0 bridgehead atoms. The molecule has 0 spiro atoms. The summed E-state index contributed by atoms with van der Waals surface area (Å²) in [6.45, 7) is 4.15. The molecule has 2 heterocycles. The molecule has 2 rings (SSSR count). The summed E-state index contributed by atoms with van der Waals surface area (Å²) in [5.74, 6) is 1.59. The van der Waals surface area contributed by atoms with Crippen molar-refractivity contribution in [2.45, 2.75) is 25.8 Å². The van der Waals surface area contributed by atoms with E-state index in [0.29, 0.717) is 23.6 Å². The number of nitrogens with one attached hydrogen (secondary N) is 1. The van der Waals surface area contributed by atoms with Gasteiger partial charge in [-0.3, -0.25) is 9.69 Å². The zero-order chi connectivity index (χ0) is 15.4. The van der Waals surface area contributed by atoms with E-state index in [0.717, 1.165) is 31.7 Å². The fourth-order valence-corrected chi connectivity index (χ4v) is 2.61. The molecule has 1 aromatic heterocycles. The number of carbonyl (C=O) groups is 1. The van der Waals surface area contributed by atoms with Crippen LogP contribution >= 0.6 is 11.6 Å². The molecule has 1 aromatic rings. The Morgan fingerprint density at radius 1 is 1.43 bits per heavy atom. The number of hydrogen-bond donors (Lipinski definition) is 1. The van der Waals surface area contributed by atoms with Crippen LogP contribution in [0.2, 0.25) is 5.15 Å². The van der Waals surface area contributed by atoms with E-state index in [1.807, 2.05) is 6.92 Å². The molecule has 7 heteroatoms. The molecule has 1 fully saturated rings.